The van der Waals surface area contributed by atoms with Crippen molar-refractivity contribution < 1.29 is 4.74 Å². The monoisotopic (exact) mass is 239 g/mol. The molecule has 5 heteroatoms. The molecule has 1 aliphatic heterocycles. The van der Waals surface area contributed by atoms with Crippen molar-refractivity contribution in [1.82, 2.24) is 4.90 Å². The van der Waals surface area contributed by atoms with Gasteiger partial charge in [-0.25, -0.2) is 0 Å². The molecule has 2 rings (SSSR count). The molecule has 0 aromatic heterocycles. The molecule has 1 heterocycles. The minimum atomic E-state index is 0.710. The van der Waals surface area contributed by atoms with Crippen molar-refractivity contribution in [2.24, 2.45) is 10.9 Å². The summed E-state index contributed by atoms with van der Waals surface area (Å²) in [5.74, 6) is 6.24. The Kier molecular flexibility index (Phi) is 3.64. The van der Waals surface area contributed by atoms with Gasteiger partial charge in [0, 0.05) is 23.7 Å². The first-order valence-corrected chi connectivity index (χ1v) is 5.55. The van der Waals surface area contributed by atoms with E-state index in [0.717, 1.165) is 24.5 Å². The zero-order valence-electron chi connectivity index (χ0n) is 8.90. The van der Waals surface area contributed by atoms with Gasteiger partial charge in [0.2, 0.25) is 0 Å². The lowest BCUT2D eigenvalue weighted by atomic mass is 10.2. The molecular weight excluding hydrogens is 226 g/mol. The number of rotatable bonds is 1. The third kappa shape index (κ3) is 2.46. The van der Waals surface area contributed by atoms with E-state index in [9.17, 15) is 0 Å². The standard InChI is InChI=1S/C11H14ClN3O/c12-10-3-1-9(2-4-10)11(14-13)15-5-7-16-8-6-15/h1-4H,5-8,13H2/b14-11+. The van der Waals surface area contributed by atoms with Crippen molar-refractivity contribution in [2.45, 2.75) is 0 Å². The van der Waals surface area contributed by atoms with Gasteiger partial charge in [-0.3, -0.25) is 0 Å². The summed E-state index contributed by atoms with van der Waals surface area (Å²) in [5.41, 5.74) is 0.980. The molecule has 4 nitrogen and oxygen atoms in total. The molecular formula is C11H14ClN3O. The van der Waals surface area contributed by atoms with Crippen LogP contribution in [0.2, 0.25) is 5.02 Å². The summed E-state index contributed by atoms with van der Waals surface area (Å²) in [7, 11) is 0. The molecule has 1 aromatic carbocycles. The van der Waals surface area contributed by atoms with Crippen molar-refractivity contribution in [1.29, 1.82) is 0 Å². The van der Waals surface area contributed by atoms with Crippen LogP contribution >= 0.6 is 11.6 Å². The maximum Gasteiger partial charge on any atom is 0.155 e. The minimum absolute atomic E-state index is 0.710. The molecule has 1 fully saturated rings. The van der Waals surface area contributed by atoms with Crippen LogP contribution in [0.5, 0.6) is 0 Å². The molecule has 0 bridgehead atoms. The molecule has 0 saturated carbocycles. The SMILES string of the molecule is N/N=C(\c1ccc(Cl)cc1)N1CCOCC1. The van der Waals surface area contributed by atoms with Gasteiger partial charge in [0.05, 0.1) is 13.2 Å². The fraction of sp³-hybridized carbons (Fsp3) is 0.364. The summed E-state index contributed by atoms with van der Waals surface area (Å²) < 4.78 is 5.29. The molecule has 0 radical (unpaired) electrons. The second kappa shape index (κ2) is 5.18. The number of halogens is 1. The molecule has 0 atom stereocenters. The first-order valence-electron chi connectivity index (χ1n) is 5.18. The first kappa shape index (κ1) is 11.2. The van der Waals surface area contributed by atoms with Gasteiger partial charge < -0.3 is 15.5 Å². The summed E-state index contributed by atoms with van der Waals surface area (Å²) in [4.78, 5) is 2.12. The number of ether oxygens (including phenoxy) is 1. The molecule has 0 unspecified atom stereocenters. The summed E-state index contributed by atoms with van der Waals surface area (Å²) in [5, 5.41) is 4.57. The molecule has 1 aromatic rings. The second-order valence-corrected chi connectivity index (χ2v) is 4.00. The highest BCUT2D eigenvalue weighted by molar-refractivity contribution is 6.30. The Morgan fingerprint density at radius 1 is 1.25 bits per heavy atom. The molecule has 1 aliphatic rings. The number of nitrogens with two attached hydrogens (primary N) is 1. The van der Waals surface area contributed by atoms with E-state index < -0.39 is 0 Å². The van der Waals surface area contributed by atoms with Crippen LogP contribution in [0.15, 0.2) is 29.4 Å². The van der Waals surface area contributed by atoms with Gasteiger partial charge in [-0.05, 0) is 24.3 Å². The zero-order chi connectivity index (χ0) is 11.4. The fourth-order valence-electron chi connectivity index (χ4n) is 1.71. The molecule has 0 amide bonds. The Bertz CT molecular complexity index is 371. The molecule has 0 spiro atoms. The number of hydrogen-bond acceptors (Lipinski definition) is 3. The van der Waals surface area contributed by atoms with Crippen molar-refractivity contribution >= 4 is 17.4 Å². The number of morpholine rings is 1. The van der Waals surface area contributed by atoms with Crippen LogP contribution in [0, 0.1) is 0 Å². The Labute approximate surface area is 99.6 Å². The Balaban J connectivity index is 2.18. The van der Waals surface area contributed by atoms with Crippen LogP contribution < -0.4 is 5.84 Å². The van der Waals surface area contributed by atoms with E-state index >= 15 is 0 Å². The van der Waals surface area contributed by atoms with Crippen molar-refractivity contribution in [3.05, 3.63) is 34.9 Å². The van der Waals surface area contributed by atoms with Gasteiger partial charge in [-0.15, -0.1) is 0 Å². The highest BCUT2D eigenvalue weighted by Crippen LogP contribution is 2.12. The van der Waals surface area contributed by atoms with Crippen LogP contribution in [0.1, 0.15) is 5.56 Å². The zero-order valence-corrected chi connectivity index (χ0v) is 9.65. The van der Waals surface area contributed by atoms with Crippen LogP contribution in [0.4, 0.5) is 0 Å². The normalized spacial score (nSPS) is 17.6. The van der Waals surface area contributed by atoms with Crippen LogP contribution in [-0.2, 0) is 4.74 Å². The van der Waals surface area contributed by atoms with Gasteiger partial charge in [0.15, 0.2) is 5.84 Å². The maximum atomic E-state index is 5.84. The third-order valence-electron chi connectivity index (χ3n) is 2.54. The smallest absolute Gasteiger partial charge is 0.155 e. The number of hydrazone groups is 1. The van der Waals surface area contributed by atoms with E-state index in [0.29, 0.717) is 18.2 Å². The van der Waals surface area contributed by atoms with Crippen LogP contribution in [0.25, 0.3) is 0 Å². The predicted octanol–water partition coefficient (Wildman–Crippen LogP) is 1.29. The third-order valence-corrected chi connectivity index (χ3v) is 2.79. The Morgan fingerprint density at radius 2 is 1.88 bits per heavy atom. The summed E-state index contributed by atoms with van der Waals surface area (Å²) in [6.45, 7) is 3.07. The molecule has 86 valence electrons. The number of hydrogen-bond donors (Lipinski definition) is 1. The van der Waals surface area contributed by atoms with E-state index in [1.54, 1.807) is 0 Å². The Morgan fingerprint density at radius 3 is 2.44 bits per heavy atom. The molecule has 16 heavy (non-hydrogen) atoms. The van der Waals surface area contributed by atoms with E-state index in [1.807, 2.05) is 24.3 Å². The highest BCUT2D eigenvalue weighted by atomic mass is 35.5. The molecule has 2 N–H and O–H groups in total. The van der Waals surface area contributed by atoms with Gasteiger partial charge >= 0.3 is 0 Å². The number of amidine groups is 1. The minimum Gasteiger partial charge on any atom is -0.378 e. The van der Waals surface area contributed by atoms with Gasteiger partial charge in [-0.1, -0.05) is 11.6 Å². The van der Waals surface area contributed by atoms with Gasteiger partial charge in [-0.2, -0.15) is 5.10 Å². The average molecular weight is 240 g/mol. The topological polar surface area (TPSA) is 50.8 Å². The van der Waals surface area contributed by atoms with E-state index in [2.05, 4.69) is 10.0 Å². The summed E-state index contributed by atoms with van der Waals surface area (Å²) in [6, 6.07) is 7.51. The maximum absolute atomic E-state index is 5.84. The van der Waals surface area contributed by atoms with Crippen LogP contribution in [-0.4, -0.2) is 37.0 Å². The number of benzene rings is 1. The second-order valence-electron chi connectivity index (χ2n) is 3.56. The van der Waals surface area contributed by atoms with Crippen molar-refractivity contribution in [3.63, 3.8) is 0 Å². The van der Waals surface area contributed by atoms with Crippen molar-refractivity contribution in [3.8, 4) is 0 Å². The van der Waals surface area contributed by atoms with Crippen LogP contribution in [0.3, 0.4) is 0 Å². The quantitative estimate of drug-likeness (QED) is 0.348. The largest absolute Gasteiger partial charge is 0.378 e. The summed E-state index contributed by atoms with van der Waals surface area (Å²) in [6.07, 6.45) is 0. The van der Waals surface area contributed by atoms with E-state index in [4.69, 9.17) is 22.2 Å². The highest BCUT2D eigenvalue weighted by Gasteiger charge is 2.16. The lowest BCUT2D eigenvalue weighted by molar-refractivity contribution is 0.0682. The lowest BCUT2D eigenvalue weighted by Gasteiger charge is -2.29. The average Bonchev–Trinajstić information content (AvgIpc) is 2.34. The molecule has 0 aliphatic carbocycles. The summed E-state index contributed by atoms with van der Waals surface area (Å²) >= 11 is 5.84. The van der Waals surface area contributed by atoms with E-state index in [-0.39, 0.29) is 0 Å². The van der Waals surface area contributed by atoms with Crippen molar-refractivity contribution in [2.75, 3.05) is 26.3 Å². The Hall–Kier alpha value is -1.26. The van der Waals surface area contributed by atoms with Gasteiger partial charge in [0.25, 0.3) is 0 Å². The lowest BCUT2D eigenvalue weighted by Crippen LogP contribution is -2.41. The fourth-order valence-corrected chi connectivity index (χ4v) is 1.84. The van der Waals surface area contributed by atoms with Gasteiger partial charge in [0.1, 0.15) is 0 Å². The first-order chi connectivity index (χ1) is 7.81. The molecule has 1 saturated heterocycles. The number of nitrogens with zero attached hydrogens (tertiary/aromatic N) is 2. The predicted molar refractivity (Wildman–Crippen MR) is 64.6 cm³/mol. The van der Waals surface area contributed by atoms with E-state index in [1.165, 1.54) is 0 Å².